The van der Waals surface area contributed by atoms with Crippen molar-refractivity contribution in [3.63, 3.8) is 0 Å². The Morgan fingerprint density at radius 2 is 2.08 bits per heavy atom. The first-order valence-corrected chi connectivity index (χ1v) is 5.49. The summed E-state index contributed by atoms with van der Waals surface area (Å²) in [6.07, 6.45) is 4.05. The molecule has 1 unspecified atom stereocenters. The van der Waals surface area contributed by atoms with E-state index in [1.165, 1.54) is 0 Å². The Bertz CT molecular complexity index is 138. The third-order valence-electron chi connectivity index (χ3n) is 1.62. The van der Waals surface area contributed by atoms with Crippen LogP contribution < -0.4 is 0 Å². The van der Waals surface area contributed by atoms with Crippen LogP contribution in [0, 0.1) is 0 Å². The van der Waals surface area contributed by atoms with Crippen LogP contribution in [0.5, 0.6) is 0 Å². The van der Waals surface area contributed by atoms with Gasteiger partial charge in [0, 0.05) is 5.38 Å². The van der Waals surface area contributed by atoms with Crippen molar-refractivity contribution in [1.82, 2.24) is 0 Å². The summed E-state index contributed by atoms with van der Waals surface area (Å²) in [5.41, 5.74) is 0. The van der Waals surface area contributed by atoms with Crippen LogP contribution in [0.15, 0.2) is 0 Å². The molecular formula is C9H16Cl2O2. The van der Waals surface area contributed by atoms with E-state index >= 15 is 0 Å². The number of ether oxygens (including phenoxy) is 1. The van der Waals surface area contributed by atoms with Crippen LogP contribution in [0.4, 0.5) is 0 Å². The van der Waals surface area contributed by atoms with E-state index in [1.807, 2.05) is 6.92 Å². The first-order valence-electron chi connectivity index (χ1n) is 4.52. The number of esters is 1. The number of carbonyl (C=O) groups is 1. The zero-order chi connectivity index (χ0) is 10.1. The van der Waals surface area contributed by atoms with Crippen molar-refractivity contribution in [3.8, 4) is 0 Å². The van der Waals surface area contributed by atoms with Crippen LogP contribution in [0.3, 0.4) is 0 Å². The number of halogens is 2. The number of hydrogen-bond donors (Lipinski definition) is 0. The fourth-order valence-corrected chi connectivity index (χ4v) is 1.16. The molecule has 0 spiro atoms. The molecule has 1 atom stereocenters. The highest BCUT2D eigenvalue weighted by Crippen LogP contribution is 2.07. The largest absolute Gasteiger partial charge is 0.465 e. The maximum Gasteiger partial charge on any atom is 0.320 e. The Labute approximate surface area is 89.5 Å². The number of rotatable bonds is 7. The van der Waals surface area contributed by atoms with Gasteiger partial charge >= 0.3 is 5.97 Å². The summed E-state index contributed by atoms with van der Waals surface area (Å²) in [7, 11) is 0. The zero-order valence-electron chi connectivity index (χ0n) is 7.89. The minimum absolute atomic E-state index is 0.0568. The summed E-state index contributed by atoms with van der Waals surface area (Å²) in [5, 5.41) is 0.241. The number of carbonyl (C=O) groups excluding carboxylic acids is 1. The van der Waals surface area contributed by atoms with Gasteiger partial charge in [-0.2, -0.15) is 0 Å². The molecule has 0 aromatic heterocycles. The Morgan fingerprint density at radius 3 is 2.62 bits per heavy atom. The minimum atomic E-state index is -0.340. The molecule has 0 saturated heterocycles. The average molecular weight is 227 g/mol. The minimum Gasteiger partial charge on any atom is -0.465 e. The monoisotopic (exact) mass is 226 g/mol. The molecular weight excluding hydrogens is 211 g/mol. The predicted octanol–water partition coefficient (Wildman–Crippen LogP) is 2.96. The van der Waals surface area contributed by atoms with E-state index in [4.69, 9.17) is 27.9 Å². The average Bonchev–Trinajstić information content (AvgIpc) is 2.10. The predicted molar refractivity (Wildman–Crippen MR) is 55.5 cm³/mol. The second-order valence-electron chi connectivity index (χ2n) is 2.98. The molecule has 4 heteroatoms. The fourth-order valence-electron chi connectivity index (χ4n) is 0.929. The summed E-state index contributed by atoms with van der Waals surface area (Å²) in [4.78, 5) is 10.6. The molecule has 0 aliphatic rings. The fraction of sp³-hybridized carbons (Fsp3) is 0.889. The van der Waals surface area contributed by atoms with E-state index in [2.05, 4.69) is 0 Å². The Balaban J connectivity index is 3.04. The van der Waals surface area contributed by atoms with Crippen LogP contribution in [-0.4, -0.2) is 23.8 Å². The molecule has 0 rings (SSSR count). The van der Waals surface area contributed by atoms with Gasteiger partial charge in [-0.1, -0.05) is 12.8 Å². The summed E-state index contributed by atoms with van der Waals surface area (Å²) in [6.45, 7) is 2.46. The molecule has 2 nitrogen and oxygen atoms in total. The third-order valence-corrected chi connectivity index (χ3v) is 2.05. The van der Waals surface area contributed by atoms with Crippen molar-refractivity contribution in [2.45, 2.75) is 38.0 Å². The Morgan fingerprint density at radius 1 is 1.38 bits per heavy atom. The van der Waals surface area contributed by atoms with Crippen LogP contribution in [0.25, 0.3) is 0 Å². The second kappa shape index (κ2) is 8.64. The highest BCUT2D eigenvalue weighted by atomic mass is 35.5. The molecule has 0 fully saturated rings. The van der Waals surface area contributed by atoms with Crippen molar-refractivity contribution < 1.29 is 9.53 Å². The van der Waals surface area contributed by atoms with Crippen molar-refractivity contribution in [2.24, 2.45) is 0 Å². The molecule has 0 N–H and O–H groups in total. The van der Waals surface area contributed by atoms with Gasteiger partial charge in [-0.15, -0.1) is 23.2 Å². The van der Waals surface area contributed by atoms with Gasteiger partial charge in [0.2, 0.25) is 0 Å². The molecule has 0 aromatic carbocycles. The van der Waals surface area contributed by atoms with E-state index in [0.29, 0.717) is 6.61 Å². The Kier molecular flexibility index (Phi) is 8.67. The van der Waals surface area contributed by atoms with Crippen LogP contribution in [-0.2, 0) is 9.53 Å². The van der Waals surface area contributed by atoms with E-state index in [-0.39, 0.29) is 17.2 Å². The van der Waals surface area contributed by atoms with Gasteiger partial charge in [-0.25, -0.2) is 0 Å². The molecule has 0 aromatic rings. The molecule has 0 aliphatic heterocycles. The second-order valence-corrected chi connectivity index (χ2v) is 4.00. The lowest BCUT2D eigenvalue weighted by Gasteiger charge is -2.03. The van der Waals surface area contributed by atoms with Gasteiger partial charge in [0.05, 0.1) is 6.61 Å². The molecule has 0 amide bonds. The molecule has 0 heterocycles. The van der Waals surface area contributed by atoms with E-state index in [9.17, 15) is 4.79 Å². The van der Waals surface area contributed by atoms with Gasteiger partial charge in [-0.05, 0) is 19.8 Å². The van der Waals surface area contributed by atoms with Gasteiger partial charge < -0.3 is 4.74 Å². The van der Waals surface area contributed by atoms with Crippen molar-refractivity contribution in [2.75, 3.05) is 12.5 Å². The van der Waals surface area contributed by atoms with Crippen molar-refractivity contribution >= 4 is 29.2 Å². The maximum atomic E-state index is 10.6. The maximum absolute atomic E-state index is 10.6. The lowest BCUT2D eigenvalue weighted by Crippen LogP contribution is -2.06. The topological polar surface area (TPSA) is 26.3 Å². The van der Waals surface area contributed by atoms with E-state index < -0.39 is 0 Å². The van der Waals surface area contributed by atoms with Gasteiger partial charge in [0.25, 0.3) is 0 Å². The molecule has 78 valence electrons. The van der Waals surface area contributed by atoms with E-state index in [1.54, 1.807) is 0 Å². The van der Waals surface area contributed by atoms with Crippen LogP contribution in [0.2, 0.25) is 0 Å². The standard InChI is InChI=1S/C9H16Cl2O2/c1-8(11)5-3-2-4-6-13-9(12)7-10/h8H,2-7H2,1H3. The van der Waals surface area contributed by atoms with Gasteiger partial charge in [0.15, 0.2) is 0 Å². The number of unbranched alkanes of at least 4 members (excludes halogenated alkanes) is 2. The van der Waals surface area contributed by atoms with Crippen molar-refractivity contribution in [3.05, 3.63) is 0 Å². The lowest BCUT2D eigenvalue weighted by atomic mass is 10.2. The molecule has 0 aliphatic carbocycles. The first-order chi connectivity index (χ1) is 6.16. The zero-order valence-corrected chi connectivity index (χ0v) is 9.40. The smallest absolute Gasteiger partial charge is 0.320 e. The lowest BCUT2D eigenvalue weighted by molar-refractivity contribution is -0.140. The first kappa shape index (κ1) is 13.1. The highest BCUT2D eigenvalue weighted by Gasteiger charge is 1.99. The Hall–Kier alpha value is 0.0500. The van der Waals surface area contributed by atoms with Gasteiger partial charge in [0.1, 0.15) is 5.88 Å². The van der Waals surface area contributed by atoms with Gasteiger partial charge in [-0.3, -0.25) is 4.79 Å². The summed E-state index contributed by atoms with van der Waals surface area (Å²) in [6, 6.07) is 0. The molecule has 0 bridgehead atoms. The number of hydrogen-bond acceptors (Lipinski definition) is 2. The normalized spacial score (nSPS) is 12.5. The number of alkyl halides is 2. The summed E-state index contributed by atoms with van der Waals surface area (Å²) >= 11 is 11.0. The van der Waals surface area contributed by atoms with Crippen LogP contribution >= 0.6 is 23.2 Å². The highest BCUT2D eigenvalue weighted by molar-refractivity contribution is 6.26. The van der Waals surface area contributed by atoms with Crippen LogP contribution in [0.1, 0.15) is 32.6 Å². The van der Waals surface area contributed by atoms with Crippen molar-refractivity contribution in [1.29, 1.82) is 0 Å². The summed E-state index contributed by atoms with van der Waals surface area (Å²) < 4.78 is 4.79. The molecule has 13 heavy (non-hydrogen) atoms. The quantitative estimate of drug-likeness (QED) is 0.379. The SMILES string of the molecule is CC(Cl)CCCCCOC(=O)CCl. The summed E-state index contributed by atoms with van der Waals surface area (Å²) in [5.74, 6) is -0.397. The van der Waals surface area contributed by atoms with E-state index in [0.717, 1.165) is 25.7 Å². The molecule has 0 saturated carbocycles. The third kappa shape index (κ3) is 9.97. The molecule has 0 radical (unpaired) electrons.